The Balaban J connectivity index is 1.55. The van der Waals surface area contributed by atoms with Crippen LogP contribution in [0.1, 0.15) is 28.1 Å². The molecule has 4 rings (SSSR count). The Morgan fingerprint density at radius 3 is 2.72 bits per heavy atom. The highest BCUT2D eigenvalue weighted by Gasteiger charge is 2.27. The lowest BCUT2D eigenvalue weighted by atomic mass is 10.0. The maximum atomic E-state index is 13.0. The first-order chi connectivity index (χ1) is 12.3. The van der Waals surface area contributed by atoms with Gasteiger partial charge >= 0.3 is 0 Å². The first kappa shape index (κ1) is 15.5. The van der Waals surface area contributed by atoms with Crippen molar-refractivity contribution in [2.24, 2.45) is 0 Å². The normalized spacial score (nSPS) is 13.4. The Kier molecular flexibility index (Phi) is 4.25. The third-order valence-electron chi connectivity index (χ3n) is 4.43. The van der Waals surface area contributed by atoms with Gasteiger partial charge in [0.1, 0.15) is 12.4 Å². The summed E-state index contributed by atoms with van der Waals surface area (Å²) in [5.74, 6) is 1.02. The van der Waals surface area contributed by atoms with E-state index in [4.69, 9.17) is 9.15 Å². The van der Waals surface area contributed by atoms with Crippen LogP contribution >= 0.6 is 0 Å². The van der Waals surface area contributed by atoms with Crippen LogP contribution in [0, 0.1) is 0 Å². The Morgan fingerprint density at radius 2 is 1.84 bits per heavy atom. The minimum Gasteiger partial charge on any atom is -0.489 e. The van der Waals surface area contributed by atoms with E-state index in [1.54, 1.807) is 12.3 Å². The fourth-order valence-corrected chi connectivity index (χ4v) is 3.18. The number of amides is 1. The second-order valence-corrected chi connectivity index (χ2v) is 6.07. The summed E-state index contributed by atoms with van der Waals surface area (Å²) in [7, 11) is 0. The van der Waals surface area contributed by atoms with Crippen molar-refractivity contribution in [2.75, 3.05) is 11.4 Å². The minimum absolute atomic E-state index is 0.108. The van der Waals surface area contributed by atoms with E-state index in [-0.39, 0.29) is 5.91 Å². The van der Waals surface area contributed by atoms with Gasteiger partial charge in [-0.1, -0.05) is 36.4 Å². The highest BCUT2D eigenvalue weighted by atomic mass is 16.5. The smallest absolute Gasteiger partial charge is 0.294 e. The minimum atomic E-state index is -0.108. The summed E-state index contributed by atoms with van der Waals surface area (Å²) >= 11 is 0. The topological polar surface area (TPSA) is 42.7 Å². The number of carbonyl (C=O) groups is 1. The third kappa shape index (κ3) is 3.15. The van der Waals surface area contributed by atoms with Gasteiger partial charge in [0.2, 0.25) is 0 Å². The van der Waals surface area contributed by atoms with Gasteiger partial charge in [0.25, 0.3) is 5.91 Å². The number of para-hydroxylation sites is 2. The first-order valence-electron chi connectivity index (χ1n) is 8.47. The Labute approximate surface area is 146 Å². The lowest BCUT2D eigenvalue weighted by Crippen LogP contribution is -2.35. The molecule has 126 valence electrons. The van der Waals surface area contributed by atoms with Crippen molar-refractivity contribution in [1.29, 1.82) is 0 Å². The summed E-state index contributed by atoms with van der Waals surface area (Å²) in [6.45, 7) is 1.01. The molecule has 4 nitrogen and oxygen atoms in total. The highest BCUT2D eigenvalue weighted by molar-refractivity contribution is 6.05. The summed E-state index contributed by atoms with van der Waals surface area (Å²) in [5.41, 5.74) is 2.94. The number of ether oxygens (including phenoxy) is 1. The van der Waals surface area contributed by atoms with Crippen molar-refractivity contribution in [1.82, 2.24) is 0 Å². The van der Waals surface area contributed by atoms with E-state index >= 15 is 0 Å². The van der Waals surface area contributed by atoms with E-state index in [1.165, 1.54) is 5.56 Å². The molecule has 0 aliphatic carbocycles. The maximum absolute atomic E-state index is 13.0. The molecule has 1 aromatic heterocycles. The number of anilines is 1. The number of fused-ring (bicyclic) bond motifs is 1. The maximum Gasteiger partial charge on any atom is 0.294 e. The quantitative estimate of drug-likeness (QED) is 0.708. The van der Waals surface area contributed by atoms with E-state index in [1.807, 2.05) is 53.4 Å². The number of furan rings is 1. The first-order valence-corrected chi connectivity index (χ1v) is 8.47. The van der Waals surface area contributed by atoms with Gasteiger partial charge in [-0.05, 0) is 42.7 Å². The molecule has 4 heteroatoms. The Morgan fingerprint density at radius 1 is 1.04 bits per heavy atom. The zero-order valence-corrected chi connectivity index (χ0v) is 13.9. The van der Waals surface area contributed by atoms with Crippen molar-refractivity contribution in [3.63, 3.8) is 0 Å². The number of aryl methyl sites for hydroxylation is 1. The summed E-state index contributed by atoms with van der Waals surface area (Å²) in [6.07, 6.45) is 3.51. The number of hydrogen-bond donors (Lipinski definition) is 0. The van der Waals surface area contributed by atoms with Crippen LogP contribution in [0.25, 0.3) is 0 Å². The molecular weight excluding hydrogens is 314 g/mol. The summed E-state index contributed by atoms with van der Waals surface area (Å²) in [4.78, 5) is 14.8. The predicted molar refractivity (Wildman–Crippen MR) is 95.9 cm³/mol. The van der Waals surface area contributed by atoms with Crippen molar-refractivity contribution in [3.05, 3.63) is 83.8 Å². The molecular formula is C21H19NO3. The van der Waals surface area contributed by atoms with Crippen LogP contribution in [-0.2, 0) is 13.0 Å². The molecule has 25 heavy (non-hydrogen) atoms. The monoisotopic (exact) mass is 333 g/mol. The molecule has 0 bridgehead atoms. The average Bonchev–Trinajstić information content (AvgIpc) is 3.15. The van der Waals surface area contributed by atoms with Gasteiger partial charge in [-0.2, -0.15) is 0 Å². The molecule has 3 aromatic rings. The lowest BCUT2D eigenvalue weighted by molar-refractivity contribution is 0.0955. The number of nitrogens with zero attached hydrogens (tertiary/aromatic N) is 1. The standard InChI is InChI=1S/C21H19NO3/c23-21(22-13-6-8-16-7-4-5-11-19(16)22)20-17(12-14-24-20)15-25-18-9-2-1-3-10-18/h1-5,7,9-12,14H,6,8,13,15H2. The van der Waals surface area contributed by atoms with E-state index in [0.717, 1.165) is 29.8 Å². The second kappa shape index (κ2) is 6.85. The molecule has 2 heterocycles. The highest BCUT2D eigenvalue weighted by Crippen LogP contribution is 2.29. The molecule has 0 atom stereocenters. The molecule has 1 amide bonds. The molecule has 1 aliphatic rings. The molecule has 0 fully saturated rings. The van der Waals surface area contributed by atoms with Gasteiger partial charge in [-0.15, -0.1) is 0 Å². The van der Waals surface area contributed by atoms with Gasteiger partial charge in [0, 0.05) is 17.8 Å². The van der Waals surface area contributed by atoms with Crippen LogP contribution in [0.5, 0.6) is 5.75 Å². The molecule has 0 saturated heterocycles. The molecule has 0 radical (unpaired) electrons. The van der Waals surface area contributed by atoms with E-state index in [2.05, 4.69) is 6.07 Å². The molecule has 0 saturated carbocycles. The Hall–Kier alpha value is -3.01. The SMILES string of the molecule is O=C(c1occc1COc1ccccc1)N1CCCc2ccccc21. The van der Waals surface area contributed by atoms with Crippen LogP contribution in [0.4, 0.5) is 5.69 Å². The number of rotatable bonds is 4. The third-order valence-corrected chi connectivity index (χ3v) is 4.43. The lowest BCUT2D eigenvalue weighted by Gasteiger charge is -2.29. The molecule has 1 aliphatic heterocycles. The van der Waals surface area contributed by atoms with Crippen LogP contribution in [0.2, 0.25) is 0 Å². The zero-order valence-electron chi connectivity index (χ0n) is 13.9. The molecule has 0 spiro atoms. The van der Waals surface area contributed by atoms with Crippen molar-refractivity contribution < 1.29 is 13.9 Å². The van der Waals surface area contributed by atoms with E-state index < -0.39 is 0 Å². The average molecular weight is 333 g/mol. The van der Waals surface area contributed by atoms with Crippen LogP contribution in [0.15, 0.2) is 71.3 Å². The summed E-state index contributed by atoms with van der Waals surface area (Å²) in [5, 5.41) is 0. The Bertz CT molecular complexity index is 870. The van der Waals surface area contributed by atoms with Crippen LogP contribution in [-0.4, -0.2) is 12.5 Å². The number of carbonyl (C=O) groups excluding carboxylic acids is 1. The van der Waals surface area contributed by atoms with Gasteiger partial charge < -0.3 is 14.1 Å². The van der Waals surface area contributed by atoms with Gasteiger partial charge in [-0.3, -0.25) is 4.79 Å². The number of hydrogen-bond acceptors (Lipinski definition) is 3. The second-order valence-electron chi connectivity index (χ2n) is 6.07. The van der Waals surface area contributed by atoms with Crippen LogP contribution < -0.4 is 9.64 Å². The van der Waals surface area contributed by atoms with Crippen molar-refractivity contribution >= 4 is 11.6 Å². The fraction of sp³-hybridized carbons (Fsp3) is 0.190. The van der Waals surface area contributed by atoms with E-state index in [9.17, 15) is 4.79 Å². The van der Waals surface area contributed by atoms with Gasteiger partial charge in [0.05, 0.1) is 6.26 Å². The van der Waals surface area contributed by atoms with E-state index in [0.29, 0.717) is 18.9 Å². The van der Waals surface area contributed by atoms with Gasteiger partial charge in [-0.25, -0.2) is 0 Å². The number of benzene rings is 2. The molecule has 2 aromatic carbocycles. The largest absolute Gasteiger partial charge is 0.489 e. The van der Waals surface area contributed by atoms with Crippen molar-refractivity contribution in [3.8, 4) is 5.75 Å². The van der Waals surface area contributed by atoms with Crippen LogP contribution in [0.3, 0.4) is 0 Å². The van der Waals surface area contributed by atoms with Gasteiger partial charge in [0.15, 0.2) is 5.76 Å². The fourth-order valence-electron chi connectivity index (χ4n) is 3.18. The summed E-state index contributed by atoms with van der Waals surface area (Å²) in [6, 6.07) is 19.4. The predicted octanol–water partition coefficient (Wildman–Crippen LogP) is 4.45. The summed E-state index contributed by atoms with van der Waals surface area (Å²) < 4.78 is 11.3. The zero-order chi connectivity index (χ0) is 17.1. The molecule has 0 N–H and O–H groups in total. The van der Waals surface area contributed by atoms with Crippen molar-refractivity contribution in [2.45, 2.75) is 19.4 Å². The molecule has 0 unspecified atom stereocenters.